The van der Waals surface area contributed by atoms with Crippen molar-refractivity contribution in [3.05, 3.63) is 78.1 Å². The summed E-state index contributed by atoms with van der Waals surface area (Å²) in [5.74, 6) is 1.34. The van der Waals surface area contributed by atoms with E-state index in [0.717, 1.165) is 22.7 Å². The van der Waals surface area contributed by atoms with E-state index in [4.69, 9.17) is 9.47 Å². The number of fused-ring (bicyclic) bond motifs is 1. The Bertz CT molecular complexity index is 960. The minimum atomic E-state index is -0.0827. The summed E-state index contributed by atoms with van der Waals surface area (Å²) in [7, 11) is 1.78. The van der Waals surface area contributed by atoms with Gasteiger partial charge >= 0.3 is 0 Å². The number of ether oxygens (including phenoxy) is 2. The largest absolute Gasteiger partial charge is 0.454 e. The first kappa shape index (κ1) is 16.9. The van der Waals surface area contributed by atoms with E-state index in [1.165, 1.54) is 0 Å². The molecule has 1 amide bonds. The van der Waals surface area contributed by atoms with Crippen LogP contribution in [0.5, 0.6) is 11.5 Å². The average molecular weight is 361 g/mol. The van der Waals surface area contributed by atoms with E-state index in [0.29, 0.717) is 17.9 Å². The third-order valence-corrected chi connectivity index (χ3v) is 4.26. The van der Waals surface area contributed by atoms with Crippen LogP contribution in [-0.4, -0.2) is 29.6 Å². The molecule has 0 atom stereocenters. The Labute approximate surface area is 157 Å². The molecule has 0 fully saturated rings. The van der Waals surface area contributed by atoms with Gasteiger partial charge in [-0.1, -0.05) is 30.3 Å². The van der Waals surface area contributed by atoms with Crippen LogP contribution in [0.1, 0.15) is 15.9 Å². The smallest absolute Gasteiger partial charge is 0.255 e. The number of aromatic nitrogens is 1. The SMILES string of the molecule is CN(Cc1ccccc1)C(=O)c1cncc(Nc2ccc3c(c2)OCO3)c1. The third kappa shape index (κ3) is 3.84. The fourth-order valence-electron chi connectivity index (χ4n) is 2.92. The molecule has 1 aliphatic heterocycles. The van der Waals surface area contributed by atoms with Crippen LogP contribution in [-0.2, 0) is 6.54 Å². The predicted molar refractivity (Wildman–Crippen MR) is 102 cm³/mol. The number of nitrogens with one attached hydrogen (secondary N) is 1. The molecule has 1 aliphatic rings. The first-order valence-corrected chi connectivity index (χ1v) is 8.60. The quantitative estimate of drug-likeness (QED) is 0.748. The second-order valence-electron chi connectivity index (χ2n) is 6.30. The number of pyridine rings is 1. The molecule has 0 spiro atoms. The highest BCUT2D eigenvalue weighted by Gasteiger charge is 2.15. The Morgan fingerprint density at radius 2 is 1.85 bits per heavy atom. The van der Waals surface area contributed by atoms with Gasteiger partial charge in [0.25, 0.3) is 5.91 Å². The first-order valence-electron chi connectivity index (χ1n) is 8.60. The zero-order valence-corrected chi connectivity index (χ0v) is 14.9. The maximum atomic E-state index is 12.7. The second kappa shape index (κ2) is 7.37. The highest BCUT2D eigenvalue weighted by Crippen LogP contribution is 2.35. The zero-order valence-electron chi connectivity index (χ0n) is 14.9. The van der Waals surface area contributed by atoms with Crippen LogP contribution in [0.15, 0.2) is 67.0 Å². The molecule has 27 heavy (non-hydrogen) atoms. The van der Waals surface area contributed by atoms with E-state index in [9.17, 15) is 4.79 Å². The summed E-state index contributed by atoms with van der Waals surface area (Å²) in [5, 5.41) is 3.25. The number of anilines is 2. The minimum Gasteiger partial charge on any atom is -0.454 e. The van der Waals surface area contributed by atoms with Gasteiger partial charge in [-0.15, -0.1) is 0 Å². The Morgan fingerprint density at radius 3 is 2.70 bits per heavy atom. The Morgan fingerprint density at radius 1 is 1.04 bits per heavy atom. The fraction of sp³-hybridized carbons (Fsp3) is 0.143. The van der Waals surface area contributed by atoms with Gasteiger partial charge in [0.1, 0.15) is 0 Å². The van der Waals surface area contributed by atoms with Crippen molar-refractivity contribution in [2.24, 2.45) is 0 Å². The molecule has 1 aromatic heterocycles. The van der Waals surface area contributed by atoms with Crippen molar-refractivity contribution < 1.29 is 14.3 Å². The van der Waals surface area contributed by atoms with Crippen molar-refractivity contribution in [2.75, 3.05) is 19.2 Å². The molecule has 2 aromatic carbocycles. The topological polar surface area (TPSA) is 63.7 Å². The van der Waals surface area contributed by atoms with E-state index in [2.05, 4.69) is 10.3 Å². The summed E-state index contributed by atoms with van der Waals surface area (Å²) in [6.07, 6.45) is 3.26. The standard InChI is InChI=1S/C21H19N3O3/c1-24(13-15-5-3-2-4-6-15)21(25)16-9-18(12-22-11-16)23-17-7-8-19-20(10-17)27-14-26-19/h2-12,23H,13-14H2,1H3. The molecule has 0 bridgehead atoms. The number of carbonyl (C=O) groups excluding carboxylic acids is 1. The monoisotopic (exact) mass is 361 g/mol. The van der Waals surface area contributed by atoms with Crippen molar-refractivity contribution in [1.29, 1.82) is 0 Å². The van der Waals surface area contributed by atoms with E-state index < -0.39 is 0 Å². The molecule has 3 aromatic rings. The molecule has 0 saturated carbocycles. The van der Waals surface area contributed by atoms with E-state index in [1.807, 2.05) is 48.5 Å². The van der Waals surface area contributed by atoms with Gasteiger partial charge in [-0.2, -0.15) is 0 Å². The molecule has 6 nitrogen and oxygen atoms in total. The van der Waals surface area contributed by atoms with Gasteiger partial charge in [0, 0.05) is 31.5 Å². The molecule has 1 N–H and O–H groups in total. The molecule has 4 rings (SSSR count). The molecule has 6 heteroatoms. The lowest BCUT2D eigenvalue weighted by Crippen LogP contribution is -2.26. The number of amides is 1. The van der Waals surface area contributed by atoms with Crippen LogP contribution in [0, 0.1) is 0 Å². The number of benzene rings is 2. The summed E-state index contributed by atoms with van der Waals surface area (Å²) < 4.78 is 10.7. The molecule has 0 unspecified atom stereocenters. The van der Waals surface area contributed by atoms with Crippen molar-refractivity contribution >= 4 is 17.3 Å². The lowest BCUT2D eigenvalue weighted by molar-refractivity contribution is 0.0784. The maximum absolute atomic E-state index is 12.7. The summed E-state index contributed by atoms with van der Waals surface area (Å²) >= 11 is 0. The molecular weight excluding hydrogens is 342 g/mol. The van der Waals surface area contributed by atoms with Gasteiger partial charge in [0.05, 0.1) is 17.4 Å². The normalized spacial score (nSPS) is 11.9. The Kier molecular flexibility index (Phi) is 4.61. The Hall–Kier alpha value is -3.54. The lowest BCUT2D eigenvalue weighted by atomic mass is 10.2. The highest BCUT2D eigenvalue weighted by atomic mass is 16.7. The number of nitrogens with zero attached hydrogens (tertiary/aromatic N) is 2. The van der Waals surface area contributed by atoms with Gasteiger partial charge in [0.2, 0.25) is 6.79 Å². The van der Waals surface area contributed by atoms with Crippen LogP contribution in [0.4, 0.5) is 11.4 Å². The van der Waals surface area contributed by atoms with Crippen molar-refractivity contribution in [3.8, 4) is 11.5 Å². The van der Waals surface area contributed by atoms with Gasteiger partial charge in [-0.3, -0.25) is 9.78 Å². The molecule has 0 saturated heterocycles. The van der Waals surface area contributed by atoms with Gasteiger partial charge < -0.3 is 19.7 Å². The molecule has 136 valence electrons. The summed E-state index contributed by atoms with van der Waals surface area (Å²) in [4.78, 5) is 18.6. The lowest BCUT2D eigenvalue weighted by Gasteiger charge is -2.17. The second-order valence-corrected chi connectivity index (χ2v) is 6.30. The highest BCUT2D eigenvalue weighted by molar-refractivity contribution is 5.94. The van der Waals surface area contributed by atoms with Crippen LogP contribution < -0.4 is 14.8 Å². The van der Waals surface area contributed by atoms with Gasteiger partial charge in [-0.05, 0) is 23.8 Å². The third-order valence-electron chi connectivity index (χ3n) is 4.26. The number of carbonyl (C=O) groups is 1. The fourth-order valence-corrected chi connectivity index (χ4v) is 2.92. The summed E-state index contributed by atoms with van der Waals surface area (Å²) in [6.45, 7) is 0.775. The van der Waals surface area contributed by atoms with Crippen molar-refractivity contribution in [2.45, 2.75) is 6.54 Å². The van der Waals surface area contributed by atoms with Gasteiger partial charge in [-0.25, -0.2) is 0 Å². The summed E-state index contributed by atoms with van der Waals surface area (Å²) in [5.41, 5.74) is 3.17. The van der Waals surface area contributed by atoms with Crippen molar-refractivity contribution in [1.82, 2.24) is 9.88 Å². The first-order chi connectivity index (χ1) is 13.2. The minimum absolute atomic E-state index is 0.0827. The molecule has 2 heterocycles. The van der Waals surface area contributed by atoms with Crippen LogP contribution in [0.25, 0.3) is 0 Å². The zero-order chi connectivity index (χ0) is 18.6. The molecular formula is C21H19N3O3. The van der Waals surface area contributed by atoms with E-state index in [-0.39, 0.29) is 12.7 Å². The maximum Gasteiger partial charge on any atom is 0.255 e. The van der Waals surface area contributed by atoms with Crippen LogP contribution in [0.2, 0.25) is 0 Å². The van der Waals surface area contributed by atoms with Gasteiger partial charge in [0.15, 0.2) is 11.5 Å². The number of hydrogen-bond donors (Lipinski definition) is 1. The predicted octanol–water partition coefficient (Wildman–Crippen LogP) is 3.83. The van der Waals surface area contributed by atoms with Crippen LogP contribution in [0.3, 0.4) is 0 Å². The van der Waals surface area contributed by atoms with E-state index >= 15 is 0 Å². The Balaban J connectivity index is 1.47. The van der Waals surface area contributed by atoms with Crippen LogP contribution >= 0.6 is 0 Å². The number of rotatable bonds is 5. The molecule has 0 radical (unpaired) electrons. The van der Waals surface area contributed by atoms with Crippen molar-refractivity contribution in [3.63, 3.8) is 0 Å². The molecule has 0 aliphatic carbocycles. The summed E-state index contributed by atoms with van der Waals surface area (Å²) in [6, 6.07) is 17.3. The van der Waals surface area contributed by atoms with E-state index in [1.54, 1.807) is 30.4 Å². The number of hydrogen-bond acceptors (Lipinski definition) is 5. The average Bonchev–Trinajstić information content (AvgIpc) is 3.16.